The number of nitrogens with one attached hydrogen (secondary N) is 1. The normalized spacial score (nSPS) is 38.8. The Bertz CT molecular complexity index is 200. The van der Waals surface area contributed by atoms with E-state index in [-0.39, 0.29) is 6.23 Å². The second-order valence-corrected chi connectivity index (χ2v) is 5.31. The molecule has 88 valence electrons. The molecule has 0 radical (unpaired) electrons. The molecule has 2 aliphatic rings. The van der Waals surface area contributed by atoms with Gasteiger partial charge >= 0.3 is 0 Å². The zero-order valence-electron chi connectivity index (χ0n) is 10.2. The van der Waals surface area contributed by atoms with Gasteiger partial charge in [0.05, 0.1) is 6.61 Å². The molecule has 3 heteroatoms. The zero-order valence-corrected chi connectivity index (χ0v) is 10.2. The van der Waals surface area contributed by atoms with Gasteiger partial charge in [0.2, 0.25) is 0 Å². The first kappa shape index (κ1) is 11.4. The molecule has 3 nitrogen and oxygen atoms in total. The minimum absolute atomic E-state index is 0.270. The highest BCUT2D eigenvalue weighted by Gasteiger charge is 2.35. The van der Waals surface area contributed by atoms with Crippen LogP contribution in [0.25, 0.3) is 0 Å². The Morgan fingerprint density at radius 2 is 2.20 bits per heavy atom. The van der Waals surface area contributed by atoms with Gasteiger partial charge in [-0.1, -0.05) is 6.92 Å². The SMILES string of the molecule is CC1CNC(C2CCCN2C(C)C)OC1. The van der Waals surface area contributed by atoms with Crippen LogP contribution < -0.4 is 5.32 Å². The van der Waals surface area contributed by atoms with E-state index in [1.54, 1.807) is 0 Å². The molecule has 0 amide bonds. The minimum atomic E-state index is 0.270. The van der Waals surface area contributed by atoms with E-state index >= 15 is 0 Å². The lowest BCUT2D eigenvalue weighted by atomic mass is 10.1. The molecular formula is C12H24N2O. The van der Waals surface area contributed by atoms with Crippen LogP contribution >= 0.6 is 0 Å². The Balaban J connectivity index is 1.92. The van der Waals surface area contributed by atoms with Crippen molar-refractivity contribution in [2.24, 2.45) is 5.92 Å². The van der Waals surface area contributed by atoms with Crippen LogP contribution in [0, 0.1) is 5.92 Å². The van der Waals surface area contributed by atoms with Gasteiger partial charge in [0.1, 0.15) is 6.23 Å². The van der Waals surface area contributed by atoms with Gasteiger partial charge in [-0.15, -0.1) is 0 Å². The van der Waals surface area contributed by atoms with Crippen molar-refractivity contribution in [2.45, 2.75) is 51.9 Å². The van der Waals surface area contributed by atoms with Crippen molar-refractivity contribution in [3.05, 3.63) is 0 Å². The summed E-state index contributed by atoms with van der Waals surface area (Å²) in [5.41, 5.74) is 0. The Labute approximate surface area is 93.2 Å². The fraction of sp³-hybridized carbons (Fsp3) is 1.00. The van der Waals surface area contributed by atoms with Crippen LogP contribution in [-0.4, -0.2) is 42.9 Å². The Morgan fingerprint density at radius 3 is 2.80 bits per heavy atom. The third kappa shape index (κ3) is 2.52. The van der Waals surface area contributed by atoms with Crippen molar-refractivity contribution in [1.29, 1.82) is 0 Å². The molecule has 3 unspecified atom stereocenters. The van der Waals surface area contributed by atoms with Gasteiger partial charge in [0.25, 0.3) is 0 Å². The van der Waals surface area contributed by atoms with Crippen LogP contribution in [0.3, 0.4) is 0 Å². The number of nitrogens with zero attached hydrogens (tertiary/aromatic N) is 1. The Kier molecular flexibility index (Phi) is 3.65. The Hall–Kier alpha value is -0.120. The Morgan fingerprint density at radius 1 is 1.40 bits per heavy atom. The lowest BCUT2D eigenvalue weighted by Crippen LogP contribution is -2.54. The summed E-state index contributed by atoms with van der Waals surface area (Å²) in [6.45, 7) is 10.1. The smallest absolute Gasteiger partial charge is 0.123 e. The highest BCUT2D eigenvalue weighted by Crippen LogP contribution is 2.24. The van der Waals surface area contributed by atoms with Gasteiger partial charge in [-0.3, -0.25) is 10.2 Å². The summed E-state index contributed by atoms with van der Waals surface area (Å²) in [7, 11) is 0. The van der Waals surface area contributed by atoms with Crippen molar-refractivity contribution < 1.29 is 4.74 Å². The van der Waals surface area contributed by atoms with Crippen LogP contribution in [0.15, 0.2) is 0 Å². The summed E-state index contributed by atoms with van der Waals surface area (Å²) in [5, 5.41) is 3.53. The van der Waals surface area contributed by atoms with E-state index in [4.69, 9.17) is 4.74 Å². The molecule has 3 atom stereocenters. The molecule has 0 aromatic heterocycles. The van der Waals surface area contributed by atoms with Crippen molar-refractivity contribution in [2.75, 3.05) is 19.7 Å². The first-order chi connectivity index (χ1) is 7.18. The highest BCUT2D eigenvalue weighted by atomic mass is 16.5. The molecule has 1 N–H and O–H groups in total. The maximum absolute atomic E-state index is 5.90. The lowest BCUT2D eigenvalue weighted by Gasteiger charge is -2.38. The summed E-state index contributed by atoms with van der Waals surface area (Å²) in [6, 6.07) is 1.24. The summed E-state index contributed by atoms with van der Waals surface area (Å²) in [5.74, 6) is 0.662. The molecule has 2 rings (SSSR count). The van der Waals surface area contributed by atoms with E-state index in [9.17, 15) is 0 Å². The first-order valence-electron chi connectivity index (χ1n) is 6.29. The maximum Gasteiger partial charge on any atom is 0.123 e. The van der Waals surface area contributed by atoms with Gasteiger partial charge in [0, 0.05) is 18.6 Å². The average molecular weight is 212 g/mol. The molecule has 0 bridgehead atoms. The summed E-state index contributed by atoms with van der Waals surface area (Å²) in [6.07, 6.45) is 2.87. The van der Waals surface area contributed by atoms with Crippen LogP contribution in [0.5, 0.6) is 0 Å². The van der Waals surface area contributed by atoms with Crippen LogP contribution in [-0.2, 0) is 4.74 Å². The van der Waals surface area contributed by atoms with Gasteiger partial charge in [0.15, 0.2) is 0 Å². The molecule has 0 aliphatic carbocycles. The number of hydrogen-bond donors (Lipinski definition) is 1. The molecule has 2 aliphatic heterocycles. The second-order valence-electron chi connectivity index (χ2n) is 5.31. The summed E-state index contributed by atoms with van der Waals surface area (Å²) in [4.78, 5) is 2.58. The van der Waals surface area contributed by atoms with E-state index in [1.165, 1.54) is 19.4 Å². The van der Waals surface area contributed by atoms with Crippen molar-refractivity contribution in [1.82, 2.24) is 10.2 Å². The van der Waals surface area contributed by atoms with Crippen LogP contribution in [0.1, 0.15) is 33.6 Å². The van der Waals surface area contributed by atoms with Gasteiger partial charge in [-0.2, -0.15) is 0 Å². The molecule has 2 saturated heterocycles. The lowest BCUT2D eigenvalue weighted by molar-refractivity contribution is -0.0679. The quantitative estimate of drug-likeness (QED) is 0.749. The molecule has 0 aromatic rings. The standard InChI is InChI=1S/C12H24N2O/c1-9(2)14-6-4-5-11(14)12-13-7-10(3)8-15-12/h9-13H,4-8H2,1-3H3. The van der Waals surface area contributed by atoms with Gasteiger partial charge in [-0.05, 0) is 39.2 Å². The number of rotatable bonds is 2. The van der Waals surface area contributed by atoms with Crippen molar-refractivity contribution >= 4 is 0 Å². The third-order valence-corrected chi connectivity index (χ3v) is 3.58. The number of ether oxygens (including phenoxy) is 1. The molecule has 15 heavy (non-hydrogen) atoms. The third-order valence-electron chi connectivity index (χ3n) is 3.58. The zero-order chi connectivity index (χ0) is 10.8. The van der Waals surface area contributed by atoms with E-state index in [2.05, 4.69) is 31.0 Å². The monoisotopic (exact) mass is 212 g/mol. The predicted molar refractivity (Wildman–Crippen MR) is 61.8 cm³/mol. The fourth-order valence-corrected chi connectivity index (χ4v) is 2.73. The predicted octanol–water partition coefficient (Wildman–Crippen LogP) is 1.44. The largest absolute Gasteiger partial charge is 0.361 e. The molecule has 2 heterocycles. The van der Waals surface area contributed by atoms with E-state index in [0.717, 1.165) is 13.2 Å². The van der Waals surface area contributed by atoms with E-state index < -0.39 is 0 Å². The summed E-state index contributed by atoms with van der Waals surface area (Å²) >= 11 is 0. The van der Waals surface area contributed by atoms with Gasteiger partial charge < -0.3 is 4.74 Å². The minimum Gasteiger partial charge on any atom is -0.361 e. The highest BCUT2D eigenvalue weighted by molar-refractivity contribution is 4.88. The number of likely N-dealkylation sites (tertiary alicyclic amines) is 1. The van der Waals surface area contributed by atoms with E-state index in [0.29, 0.717) is 18.0 Å². The van der Waals surface area contributed by atoms with E-state index in [1.807, 2.05) is 0 Å². The molecule has 0 aromatic carbocycles. The molecule has 0 saturated carbocycles. The average Bonchev–Trinajstić information content (AvgIpc) is 2.67. The van der Waals surface area contributed by atoms with Gasteiger partial charge in [-0.25, -0.2) is 0 Å². The molecule has 2 fully saturated rings. The molecular weight excluding hydrogens is 188 g/mol. The second kappa shape index (κ2) is 4.81. The molecule has 0 spiro atoms. The van der Waals surface area contributed by atoms with Crippen LogP contribution in [0.4, 0.5) is 0 Å². The van der Waals surface area contributed by atoms with Crippen molar-refractivity contribution in [3.63, 3.8) is 0 Å². The van der Waals surface area contributed by atoms with Crippen molar-refractivity contribution in [3.8, 4) is 0 Å². The van der Waals surface area contributed by atoms with Crippen LogP contribution in [0.2, 0.25) is 0 Å². The maximum atomic E-state index is 5.90. The fourth-order valence-electron chi connectivity index (χ4n) is 2.73. The topological polar surface area (TPSA) is 24.5 Å². The number of hydrogen-bond acceptors (Lipinski definition) is 3. The first-order valence-corrected chi connectivity index (χ1v) is 6.29. The summed E-state index contributed by atoms with van der Waals surface area (Å²) < 4.78 is 5.90.